The van der Waals surface area contributed by atoms with Crippen molar-refractivity contribution in [3.8, 4) is 0 Å². The standard InChI is InChI=1S/C26H28N2O4/c1-18(2)32-26(31)16-23(20-10-4-3-5-11-20)28-25(30)17-27-24(29)15-21-13-8-12-19-9-6-7-14-22(19)21/h3-14,18,23H,15-17H2,1-2H3,(H,27,29)(H,28,30). The molecule has 0 spiro atoms. The minimum atomic E-state index is -0.537. The second-order valence-electron chi connectivity index (χ2n) is 7.87. The number of nitrogens with one attached hydrogen (secondary N) is 2. The van der Waals surface area contributed by atoms with E-state index in [1.54, 1.807) is 13.8 Å². The maximum absolute atomic E-state index is 12.5. The molecule has 2 amide bonds. The number of carbonyl (C=O) groups is 3. The fraction of sp³-hybridized carbons (Fsp3) is 0.269. The molecule has 6 heteroatoms. The van der Waals surface area contributed by atoms with Crippen LogP contribution < -0.4 is 10.6 Å². The Kier molecular flexibility index (Phi) is 7.97. The lowest BCUT2D eigenvalue weighted by Gasteiger charge is -2.19. The number of fused-ring (bicyclic) bond motifs is 1. The van der Waals surface area contributed by atoms with Gasteiger partial charge in [-0.15, -0.1) is 0 Å². The topological polar surface area (TPSA) is 84.5 Å². The Bertz CT molecular complexity index is 1070. The van der Waals surface area contributed by atoms with Crippen LogP contribution in [0.25, 0.3) is 10.8 Å². The molecule has 0 aliphatic rings. The number of hydrogen-bond donors (Lipinski definition) is 2. The van der Waals surface area contributed by atoms with Crippen LogP contribution in [-0.4, -0.2) is 30.4 Å². The smallest absolute Gasteiger partial charge is 0.308 e. The molecule has 0 heterocycles. The largest absolute Gasteiger partial charge is 0.463 e. The van der Waals surface area contributed by atoms with E-state index in [0.717, 1.165) is 21.9 Å². The van der Waals surface area contributed by atoms with E-state index in [4.69, 9.17) is 4.74 Å². The lowest BCUT2D eigenvalue weighted by atomic mass is 10.0. The number of rotatable bonds is 9. The number of amides is 2. The van der Waals surface area contributed by atoms with Crippen LogP contribution in [0.1, 0.15) is 37.4 Å². The zero-order valence-electron chi connectivity index (χ0n) is 18.3. The van der Waals surface area contributed by atoms with Gasteiger partial charge in [-0.1, -0.05) is 72.8 Å². The molecule has 2 N–H and O–H groups in total. The number of benzene rings is 3. The average Bonchev–Trinajstić information content (AvgIpc) is 2.77. The molecule has 3 aromatic carbocycles. The first-order valence-corrected chi connectivity index (χ1v) is 10.7. The molecule has 0 bridgehead atoms. The van der Waals surface area contributed by atoms with Crippen LogP contribution in [0.15, 0.2) is 72.8 Å². The van der Waals surface area contributed by atoms with Crippen molar-refractivity contribution in [3.63, 3.8) is 0 Å². The van der Waals surface area contributed by atoms with E-state index in [-0.39, 0.29) is 37.3 Å². The summed E-state index contributed by atoms with van der Waals surface area (Å²) < 4.78 is 5.22. The van der Waals surface area contributed by atoms with Crippen molar-refractivity contribution in [2.75, 3.05) is 6.54 Å². The Morgan fingerprint density at radius 2 is 1.53 bits per heavy atom. The van der Waals surface area contributed by atoms with Gasteiger partial charge in [0.25, 0.3) is 0 Å². The zero-order valence-corrected chi connectivity index (χ0v) is 18.3. The first kappa shape index (κ1) is 23.0. The molecule has 0 saturated carbocycles. The summed E-state index contributed by atoms with van der Waals surface area (Å²) in [5.74, 6) is -1.01. The molecule has 0 radical (unpaired) electrons. The van der Waals surface area contributed by atoms with Gasteiger partial charge in [-0.05, 0) is 35.7 Å². The Labute approximate surface area is 188 Å². The van der Waals surface area contributed by atoms with E-state index >= 15 is 0 Å². The van der Waals surface area contributed by atoms with Crippen molar-refractivity contribution in [2.45, 2.75) is 38.8 Å². The highest BCUT2D eigenvalue weighted by Gasteiger charge is 2.20. The summed E-state index contributed by atoms with van der Waals surface area (Å²) in [6.45, 7) is 3.38. The van der Waals surface area contributed by atoms with E-state index in [1.165, 1.54) is 0 Å². The third-order valence-corrected chi connectivity index (χ3v) is 4.95. The first-order chi connectivity index (χ1) is 15.4. The molecule has 0 aliphatic carbocycles. The minimum absolute atomic E-state index is 0.0118. The number of esters is 1. The van der Waals surface area contributed by atoms with Crippen molar-refractivity contribution in [1.82, 2.24) is 10.6 Å². The van der Waals surface area contributed by atoms with Gasteiger partial charge in [0, 0.05) is 0 Å². The second-order valence-corrected chi connectivity index (χ2v) is 7.87. The maximum Gasteiger partial charge on any atom is 0.308 e. The quantitative estimate of drug-likeness (QED) is 0.505. The molecule has 0 fully saturated rings. The summed E-state index contributed by atoms with van der Waals surface area (Å²) in [6.07, 6.45) is -0.0435. The highest BCUT2D eigenvalue weighted by atomic mass is 16.5. The first-order valence-electron chi connectivity index (χ1n) is 10.7. The highest BCUT2D eigenvalue weighted by Crippen LogP contribution is 2.19. The Hall–Kier alpha value is -3.67. The zero-order chi connectivity index (χ0) is 22.9. The van der Waals surface area contributed by atoms with E-state index in [9.17, 15) is 14.4 Å². The molecule has 1 atom stereocenters. The maximum atomic E-state index is 12.5. The van der Waals surface area contributed by atoms with Gasteiger partial charge in [-0.25, -0.2) is 0 Å². The molecule has 32 heavy (non-hydrogen) atoms. The van der Waals surface area contributed by atoms with Crippen LogP contribution in [-0.2, 0) is 25.5 Å². The van der Waals surface area contributed by atoms with Gasteiger partial charge >= 0.3 is 5.97 Å². The molecule has 0 saturated heterocycles. The molecule has 0 aliphatic heterocycles. The molecular weight excluding hydrogens is 404 g/mol. The van der Waals surface area contributed by atoms with E-state index in [1.807, 2.05) is 72.8 Å². The summed E-state index contributed by atoms with van der Waals surface area (Å²) in [4.78, 5) is 37.1. The fourth-order valence-electron chi connectivity index (χ4n) is 3.52. The molecule has 3 aromatic rings. The van der Waals surface area contributed by atoms with Gasteiger partial charge in [-0.3, -0.25) is 14.4 Å². The van der Waals surface area contributed by atoms with Gasteiger partial charge < -0.3 is 15.4 Å². The Balaban J connectivity index is 1.58. The van der Waals surface area contributed by atoms with E-state index in [2.05, 4.69) is 10.6 Å². The summed E-state index contributed by atoms with van der Waals surface area (Å²) in [7, 11) is 0. The van der Waals surface area contributed by atoms with Gasteiger partial charge in [0.15, 0.2) is 0 Å². The summed E-state index contributed by atoms with van der Waals surface area (Å²) in [5.41, 5.74) is 1.70. The summed E-state index contributed by atoms with van der Waals surface area (Å²) >= 11 is 0. The van der Waals surface area contributed by atoms with Gasteiger partial charge in [0.1, 0.15) is 0 Å². The molecular formula is C26H28N2O4. The fourth-order valence-corrected chi connectivity index (χ4v) is 3.52. The van der Waals surface area contributed by atoms with Crippen LogP contribution >= 0.6 is 0 Å². The monoisotopic (exact) mass is 432 g/mol. The van der Waals surface area contributed by atoms with Crippen LogP contribution in [0.3, 0.4) is 0 Å². The van der Waals surface area contributed by atoms with Crippen molar-refractivity contribution in [3.05, 3.63) is 83.9 Å². The second kappa shape index (κ2) is 11.1. The highest BCUT2D eigenvalue weighted by molar-refractivity contribution is 5.91. The van der Waals surface area contributed by atoms with Gasteiger partial charge in [0.05, 0.1) is 31.5 Å². The summed E-state index contributed by atoms with van der Waals surface area (Å²) in [5, 5.41) is 7.58. The van der Waals surface area contributed by atoms with Crippen LogP contribution in [0.5, 0.6) is 0 Å². The van der Waals surface area contributed by atoms with Crippen molar-refractivity contribution in [2.24, 2.45) is 0 Å². The molecule has 1 unspecified atom stereocenters. The van der Waals surface area contributed by atoms with Gasteiger partial charge in [0.2, 0.25) is 11.8 Å². The molecule has 166 valence electrons. The molecule has 0 aromatic heterocycles. The van der Waals surface area contributed by atoms with E-state index in [0.29, 0.717) is 0 Å². The number of carbonyl (C=O) groups excluding carboxylic acids is 3. The normalized spacial score (nSPS) is 11.7. The SMILES string of the molecule is CC(C)OC(=O)CC(NC(=O)CNC(=O)Cc1cccc2ccccc12)c1ccccc1. The predicted molar refractivity (Wildman–Crippen MR) is 124 cm³/mol. The lowest BCUT2D eigenvalue weighted by Crippen LogP contribution is -2.40. The van der Waals surface area contributed by atoms with E-state index < -0.39 is 12.0 Å². The Morgan fingerprint density at radius 3 is 2.28 bits per heavy atom. The third kappa shape index (κ3) is 6.67. The lowest BCUT2D eigenvalue weighted by molar-refractivity contribution is -0.148. The predicted octanol–water partition coefficient (Wildman–Crippen LogP) is 3.70. The molecule has 6 nitrogen and oxygen atoms in total. The molecule has 3 rings (SSSR count). The number of hydrogen-bond acceptors (Lipinski definition) is 4. The minimum Gasteiger partial charge on any atom is -0.463 e. The van der Waals surface area contributed by atoms with Gasteiger partial charge in [-0.2, -0.15) is 0 Å². The van der Waals surface area contributed by atoms with Crippen LogP contribution in [0, 0.1) is 0 Å². The van der Waals surface area contributed by atoms with Crippen molar-refractivity contribution < 1.29 is 19.1 Å². The average molecular weight is 433 g/mol. The van der Waals surface area contributed by atoms with Crippen molar-refractivity contribution >= 4 is 28.6 Å². The number of ether oxygens (including phenoxy) is 1. The van der Waals surface area contributed by atoms with Crippen molar-refractivity contribution in [1.29, 1.82) is 0 Å². The van der Waals surface area contributed by atoms with Crippen LogP contribution in [0.4, 0.5) is 0 Å². The summed E-state index contributed by atoms with van der Waals surface area (Å²) in [6, 6.07) is 22.4. The van der Waals surface area contributed by atoms with Crippen LogP contribution in [0.2, 0.25) is 0 Å². The third-order valence-electron chi connectivity index (χ3n) is 4.95. The Morgan fingerprint density at radius 1 is 0.844 bits per heavy atom.